The van der Waals surface area contributed by atoms with Crippen molar-refractivity contribution in [3.8, 4) is 11.3 Å². The number of carbonyl (C=O) groups excluding carboxylic acids is 1. The summed E-state index contributed by atoms with van der Waals surface area (Å²) in [5, 5.41) is 22.0. The topological polar surface area (TPSA) is 142 Å². The fourth-order valence-corrected chi connectivity index (χ4v) is 3.59. The van der Waals surface area contributed by atoms with E-state index in [4.69, 9.17) is 0 Å². The van der Waals surface area contributed by atoms with E-state index in [9.17, 15) is 14.9 Å². The molecule has 1 amide bonds. The minimum absolute atomic E-state index is 0.000827. The number of benzene rings is 2. The molecule has 3 N–H and O–H groups in total. The molecule has 3 aromatic heterocycles. The number of nitrogens with one attached hydrogen (secondary N) is 3. The van der Waals surface area contributed by atoms with Crippen LogP contribution in [0.5, 0.6) is 0 Å². The van der Waals surface area contributed by atoms with E-state index in [-0.39, 0.29) is 23.5 Å². The second-order valence-electron chi connectivity index (χ2n) is 7.35. The maximum atomic E-state index is 12.8. The van der Waals surface area contributed by atoms with Crippen molar-refractivity contribution in [1.82, 2.24) is 30.5 Å². The Balaban J connectivity index is 1.41. The normalized spacial score (nSPS) is 12.2. The van der Waals surface area contributed by atoms with Crippen molar-refractivity contribution in [2.24, 2.45) is 0 Å². The summed E-state index contributed by atoms with van der Waals surface area (Å²) >= 11 is 0. The number of hydrogen-bond donors (Lipinski definition) is 3. The summed E-state index contributed by atoms with van der Waals surface area (Å²) in [5.74, 6) is -0.192. The third-order valence-corrected chi connectivity index (χ3v) is 5.28. The summed E-state index contributed by atoms with van der Waals surface area (Å²) in [5.41, 5.74) is 4.63. The Labute approximate surface area is 180 Å². The van der Waals surface area contributed by atoms with Crippen LogP contribution in [0, 0.1) is 10.1 Å². The predicted molar refractivity (Wildman–Crippen MR) is 118 cm³/mol. The first kappa shape index (κ1) is 19.4. The maximum absolute atomic E-state index is 12.8. The van der Waals surface area contributed by atoms with Crippen molar-refractivity contribution in [3.63, 3.8) is 0 Å². The number of amides is 1. The zero-order valence-corrected chi connectivity index (χ0v) is 16.9. The van der Waals surface area contributed by atoms with Gasteiger partial charge in [0, 0.05) is 35.5 Å². The SMILES string of the molecule is CC(NC(=O)c1nc2cc3c(-c4ccncc4)n[nH]c3cc2[nH]1)c1ccc([N+](=O)[O-])cc1. The van der Waals surface area contributed by atoms with Crippen LogP contribution in [0.2, 0.25) is 0 Å². The van der Waals surface area contributed by atoms with Crippen molar-refractivity contribution < 1.29 is 9.72 Å². The average molecular weight is 427 g/mol. The molecule has 0 spiro atoms. The lowest BCUT2D eigenvalue weighted by Gasteiger charge is -2.13. The Bertz CT molecular complexity index is 1460. The van der Waals surface area contributed by atoms with Gasteiger partial charge in [0.1, 0.15) is 5.69 Å². The van der Waals surface area contributed by atoms with Crippen LogP contribution in [-0.4, -0.2) is 36.0 Å². The van der Waals surface area contributed by atoms with Crippen molar-refractivity contribution in [2.75, 3.05) is 0 Å². The number of pyridine rings is 1. The Kier molecular flexibility index (Phi) is 4.59. The van der Waals surface area contributed by atoms with Crippen molar-refractivity contribution in [2.45, 2.75) is 13.0 Å². The number of nitro benzene ring substituents is 1. The lowest BCUT2D eigenvalue weighted by molar-refractivity contribution is -0.384. The minimum atomic E-state index is -0.460. The molecule has 0 aliphatic carbocycles. The monoisotopic (exact) mass is 427 g/mol. The number of hydrogen-bond acceptors (Lipinski definition) is 6. The molecule has 158 valence electrons. The number of nitro groups is 1. The molecule has 0 saturated heterocycles. The molecule has 10 heteroatoms. The number of carbonyl (C=O) groups is 1. The molecular weight excluding hydrogens is 410 g/mol. The molecule has 2 aromatic carbocycles. The zero-order valence-electron chi connectivity index (χ0n) is 16.9. The number of fused-ring (bicyclic) bond motifs is 2. The van der Waals surface area contributed by atoms with Crippen LogP contribution >= 0.6 is 0 Å². The Morgan fingerprint density at radius 2 is 1.84 bits per heavy atom. The van der Waals surface area contributed by atoms with Crippen LogP contribution in [0.15, 0.2) is 60.9 Å². The van der Waals surface area contributed by atoms with Crippen LogP contribution in [-0.2, 0) is 0 Å². The van der Waals surface area contributed by atoms with Crippen LogP contribution in [0.1, 0.15) is 29.1 Å². The standard InChI is InChI=1S/C22H17N7O3/c1-12(13-2-4-15(5-3-13)29(31)32)24-22(30)21-25-18-10-16-17(11-19(18)26-21)27-28-20(16)14-6-8-23-9-7-14/h2-12H,1H3,(H,24,30)(H,25,26)(H,27,28). The molecule has 32 heavy (non-hydrogen) atoms. The van der Waals surface area contributed by atoms with E-state index in [1.807, 2.05) is 24.3 Å². The summed E-state index contributed by atoms with van der Waals surface area (Å²) in [6, 6.07) is 13.2. The van der Waals surface area contributed by atoms with E-state index in [0.29, 0.717) is 11.0 Å². The summed E-state index contributed by atoms with van der Waals surface area (Å²) in [6.07, 6.45) is 3.41. The summed E-state index contributed by atoms with van der Waals surface area (Å²) < 4.78 is 0. The van der Waals surface area contributed by atoms with E-state index in [1.165, 1.54) is 12.1 Å². The molecule has 0 radical (unpaired) electrons. The highest BCUT2D eigenvalue weighted by Crippen LogP contribution is 2.29. The largest absolute Gasteiger partial charge is 0.343 e. The molecule has 0 bridgehead atoms. The Morgan fingerprint density at radius 1 is 1.09 bits per heavy atom. The quantitative estimate of drug-likeness (QED) is 0.287. The number of non-ortho nitro benzene ring substituents is 1. The third kappa shape index (κ3) is 3.43. The van der Waals surface area contributed by atoms with Crippen LogP contribution in [0.3, 0.4) is 0 Å². The first-order valence-electron chi connectivity index (χ1n) is 9.83. The highest BCUT2D eigenvalue weighted by molar-refractivity contribution is 6.02. The van der Waals surface area contributed by atoms with Gasteiger partial charge in [-0.2, -0.15) is 5.10 Å². The maximum Gasteiger partial charge on any atom is 0.287 e. The second-order valence-corrected chi connectivity index (χ2v) is 7.35. The van der Waals surface area contributed by atoms with Gasteiger partial charge in [0.05, 0.1) is 27.5 Å². The first-order chi connectivity index (χ1) is 15.5. The smallest absolute Gasteiger partial charge is 0.287 e. The van der Waals surface area contributed by atoms with Gasteiger partial charge in [0.2, 0.25) is 0 Å². The summed E-state index contributed by atoms with van der Waals surface area (Å²) in [7, 11) is 0. The minimum Gasteiger partial charge on any atom is -0.343 e. The van der Waals surface area contributed by atoms with E-state index in [1.54, 1.807) is 31.5 Å². The molecular formula is C22H17N7O3. The lowest BCUT2D eigenvalue weighted by atomic mass is 10.1. The van der Waals surface area contributed by atoms with Gasteiger partial charge in [0.25, 0.3) is 11.6 Å². The summed E-state index contributed by atoms with van der Waals surface area (Å²) in [4.78, 5) is 34.6. The molecule has 0 saturated carbocycles. The number of imidazole rings is 1. The molecule has 1 unspecified atom stereocenters. The fraction of sp³-hybridized carbons (Fsp3) is 0.0909. The second kappa shape index (κ2) is 7.58. The molecule has 3 heterocycles. The van der Waals surface area contributed by atoms with E-state index < -0.39 is 4.92 Å². The number of aromatic nitrogens is 5. The Hall–Kier alpha value is -4.60. The lowest BCUT2D eigenvalue weighted by Crippen LogP contribution is -2.27. The van der Waals surface area contributed by atoms with Crippen LogP contribution < -0.4 is 5.32 Å². The van der Waals surface area contributed by atoms with Gasteiger partial charge in [-0.05, 0) is 36.8 Å². The number of H-pyrrole nitrogens is 2. The zero-order chi connectivity index (χ0) is 22.2. The molecule has 5 aromatic rings. The van der Waals surface area contributed by atoms with Crippen molar-refractivity contribution in [1.29, 1.82) is 0 Å². The molecule has 10 nitrogen and oxygen atoms in total. The highest BCUT2D eigenvalue weighted by Gasteiger charge is 2.18. The third-order valence-electron chi connectivity index (χ3n) is 5.28. The summed E-state index contributed by atoms with van der Waals surface area (Å²) in [6.45, 7) is 1.80. The molecule has 0 aliphatic rings. The number of nitrogens with zero attached hydrogens (tertiary/aromatic N) is 4. The molecule has 5 rings (SSSR count). The number of rotatable bonds is 5. The van der Waals surface area contributed by atoms with Crippen molar-refractivity contribution in [3.05, 3.63) is 82.4 Å². The van der Waals surface area contributed by atoms with E-state index in [0.717, 1.165) is 27.7 Å². The number of aromatic amines is 2. The van der Waals surface area contributed by atoms with Gasteiger partial charge in [0.15, 0.2) is 5.82 Å². The van der Waals surface area contributed by atoms with E-state index in [2.05, 4.69) is 30.5 Å². The van der Waals surface area contributed by atoms with Gasteiger partial charge in [-0.3, -0.25) is 25.0 Å². The van der Waals surface area contributed by atoms with Crippen molar-refractivity contribution >= 4 is 33.5 Å². The molecule has 1 atom stereocenters. The average Bonchev–Trinajstić information content (AvgIpc) is 3.41. The molecule has 0 fully saturated rings. The van der Waals surface area contributed by atoms with Gasteiger partial charge < -0.3 is 10.3 Å². The highest BCUT2D eigenvalue weighted by atomic mass is 16.6. The van der Waals surface area contributed by atoms with Gasteiger partial charge in [-0.1, -0.05) is 12.1 Å². The van der Waals surface area contributed by atoms with Gasteiger partial charge >= 0.3 is 0 Å². The van der Waals surface area contributed by atoms with E-state index >= 15 is 0 Å². The van der Waals surface area contributed by atoms with Gasteiger partial charge in [-0.15, -0.1) is 0 Å². The first-order valence-corrected chi connectivity index (χ1v) is 9.83. The molecule has 0 aliphatic heterocycles. The fourth-order valence-electron chi connectivity index (χ4n) is 3.59. The van der Waals surface area contributed by atoms with Crippen LogP contribution in [0.25, 0.3) is 33.2 Å². The Morgan fingerprint density at radius 3 is 2.56 bits per heavy atom. The van der Waals surface area contributed by atoms with Gasteiger partial charge in [-0.25, -0.2) is 4.98 Å². The predicted octanol–water partition coefficient (Wildman–Crippen LogP) is 3.90. The van der Waals surface area contributed by atoms with Crippen LogP contribution in [0.4, 0.5) is 5.69 Å².